The molecule has 11 heteroatoms. The van der Waals surface area contributed by atoms with Crippen molar-refractivity contribution >= 4 is 50.7 Å². The molecule has 0 fully saturated rings. The number of nitrogens with one attached hydrogen (secondary N) is 1. The first-order valence-electron chi connectivity index (χ1n) is 8.57. The van der Waals surface area contributed by atoms with Gasteiger partial charge in [0.05, 0.1) is 23.4 Å². The van der Waals surface area contributed by atoms with E-state index in [4.69, 9.17) is 44.3 Å². The summed E-state index contributed by atoms with van der Waals surface area (Å²) in [5, 5.41) is 0.799. The smallest absolute Gasteiger partial charge is 0.264 e. The summed E-state index contributed by atoms with van der Waals surface area (Å²) in [6.07, 6.45) is 2.39. The first-order chi connectivity index (χ1) is 14.6. The Morgan fingerprint density at radius 2 is 1.71 bits per heavy atom. The van der Waals surface area contributed by atoms with Gasteiger partial charge in [0, 0.05) is 22.9 Å². The summed E-state index contributed by atoms with van der Waals surface area (Å²) in [6.45, 7) is 0. The Bertz CT molecular complexity index is 1250. The van der Waals surface area contributed by atoms with Crippen LogP contribution in [0.25, 0.3) is 11.1 Å². The fourth-order valence-corrected chi connectivity index (χ4v) is 3.76. The summed E-state index contributed by atoms with van der Waals surface area (Å²) in [4.78, 5) is 16.3. The predicted molar refractivity (Wildman–Crippen MR) is 120 cm³/mol. The molecule has 3 rings (SSSR count). The molecule has 0 aliphatic rings. The Morgan fingerprint density at radius 3 is 2.29 bits per heavy atom. The van der Waals surface area contributed by atoms with Crippen LogP contribution in [-0.2, 0) is 10.0 Å². The van der Waals surface area contributed by atoms with E-state index >= 15 is 0 Å². The Hall–Kier alpha value is -2.52. The number of ether oxygens (including phenoxy) is 2. The van der Waals surface area contributed by atoms with Gasteiger partial charge < -0.3 is 9.47 Å². The summed E-state index contributed by atoms with van der Waals surface area (Å²) >= 11 is 18.6. The van der Waals surface area contributed by atoms with Crippen molar-refractivity contribution in [2.75, 3.05) is 13.4 Å². The number of benzene rings is 2. The van der Waals surface area contributed by atoms with Crippen LogP contribution in [0.2, 0.25) is 15.1 Å². The molecular weight excluding hydrogens is 487 g/mol. The Morgan fingerprint density at radius 1 is 1.03 bits per heavy atom. The second kappa shape index (κ2) is 9.32. The van der Waals surface area contributed by atoms with Gasteiger partial charge in [-0.25, -0.2) is 18.1 Å². The summed E-state index contributed by atoms with van der Waals surface area (Å²) in [5.41, 5.74) is 1.27. The highest BCUT2D eigenvalue weighted by molar-refractivity contribution is 7.89. The highest BCUT2D eigenvalue weighted by Crippen LogP contribution is 2.39. The fraction of sp³-hybridized carbons (Fsp3) is 0.100. The predicted octanol–water partition coefficient (Wildman–Crippen LogP) is 5.20. The van der Waals surface area contributed by atoms with Gasteiger partial charge in [-0.05, 0) is 36.4 Å². The number of para-hydroxylation sites is 1. The van der Waals surface area contributed by atoms with Crippen LogP contribution in [-0.4, -0.2) is 32.7 Å². The normalized spacial score (nSPS) is 11.1. The summed E-state index contributed by atoms with van der Waals surface area (Å²) < 4.78 is 35.5. The zero-order valence-electron chi connectivity index (χ0n) is 16.1. The number of halogens is 3. The quantitative estimate of drug-likeness (QED) is 0.499. The molecule has 0 saturated carbocycles. The van der Waals surface area contributed by atoms with Gasteiger partial charge in [0.1, 0.15) is 10.8 Å². The second-order valence-electron chi connectivity index (χ2n) is 6.28. The first kappa shape index (κ1) is 23.1. The van der Waals surface area contributed by atoms with Gasteiger partial charge in [0.25, 0.3) is 5.91 Å². The lowest BCUT2D eigenvalue weighted by molar-refractivity contribution is 0.0981. The Kier molecular flexibility index (Phi) is 6.96. The summed E-state index contributed by atoms with van der Waals surface area (Å²) in [7, 11) is -2.28. The number of carbonyl (C=O) groups excluding carboxylic acids is 1. The molecule has 0 atom stereocenters. The van der Waals surface area contributed by atoms with Crippen molar-refractivity contribution in [2.45, 2.75) is 0 Å². The highest BCUT2D eigenvalue weighted by atomic mass is 35.5. The Labute approximate surface area is 193 Å². The third-order valence-electron chi connectivity index (χ3n) is 3.98. The number of sulfonamides is 1. The molecule has 1 amide bonds. The van der Waals surface area contributed by atoms with E-state index in [0.717, 1.165) is 6.26 Å². The molecule has 0 saturated heterocycles. The zero-order valence-corrected chi connectivity index (χ0v) is 19.2. The highest BCUT2D eigenvalue weighted by Gasteiger charge is 2.17. The van der Waals surface area contributed by atoms with Gasteiger partial charge in [-0.15, -0.1) is 0 Å². The third-order valence-corrected chi connectivity index (χ3v) is 5.40. The number of aromatic nitrogens is 1. The first-order valence-corrected chi connectivity index (χ1v) is 11.6. The fourth-order valence-electron chi connectivity index (χ4n) is 2.62. The van der Waals surface area contributed by atoms with Crippen molar-refractivity contribution in [3.63, 3.8) is 0 Å². The number of hydrogen-bond donors (Lipinski definition) is 1. The van der Waals surface area contributed by atoms with Gasteiger partial charge in [-0.3, -0.25) is 4.79 Å². The lowest BCUT2D eigenvalue weighted by Gasteiger charge is -2.13. The number of rotatable bonds is 6. The molecule has 2 aromatic carbocycles. The molecule has 0 bridgehead atoms. The van der Waals surface area contributed by atoms with Gasteiger partial charge >= 0.3 is 0 Å². The molecule has 0 unspecified atom stereocenters. The van der Waals surface area contributed by atoms with Gasteiger partial charge in [0.2, 0.25) is 15.9 Å². The summed E-state index contributed by atoms with van der Waals surface area (Å²) in [5.74, 6) is -0.124. The maximum absolute atomic E-state index is 12.1. The van der Waals surface area contributed by atoms with Crippen LogP contribution in [0.5, 0.6) is 17.4 Å². The minimum atomic E-state index is -3.70. The van der Waals surface area contributed by atoms with Crippen molar-refractivity contribution in [3.05, 3.63) is 69.3 Å². The molecule has 1 N–H and O–H groups in total. The van der Waals surface area contributed by atoms with Crippen LogP contribution in [0.1, 0.15) is 10.4 Å². The van der Waals surface area contributed by atoms with E-state index in [1.807, 2.05) is 4.72 Å². The molecular formula is C20H15Cl3N2O5S. The average Bonchev–Trinajstić information content (AvgIpc) is 2.70. The number of nitrogens with zero attached hydrogens (tertiary/aromatic N) is 1. The van der Waals surface area contributed by atoms with E-state index in [0.29, 0.717) is 26.9 Å². The molecule has 162 valence electrons. The van der Waals surface area contributed by atoms with Crippen molar-refractivity contribution in [2.24, 2.45) is 0 Å². The number of methoxy groups -OCH3 is 1. The monoisotopic (exact) mass is 500 g/mol. The SMILES string of the molecule is COc1cc(C(=O)NS(C)(=O)=O)ccc1-c1cnc(Oc2c(Cl)cccc2Cl)c(Cl)c1. The lowest BCUT2D eigenvalue weighted by Crippen LogP contribution is -2.29. The zero-order chi connectivity index (χ0) is 22.8. The van der Waals surface area contributed by atoms with Crippen molar-refractivity contribution in [1.82, 2.24) is 9.71 Å². The van der Waals surface area contributed by atoms with E-state index in [-0.39, 0.29) is 22.2 Å². The van der Waals surface area contributed by atoms with Gasteiger partial charge in [-0.2, -0.15) is 0 Å². The Balaban J connectivity index is 1.93. The van der Waals surface area contributed by atoms with E-state index in [1.165, 1.54) is 25.4 Å². The van der Waals surface area contributed by atoms with Crippen LogP contribution in [0, 0.1) is 0 Å². The molecule has 0 spiro atoms. The molecule has 1 heterocycles. The molecule has 1 aromatic heterocycles. The minimum absolute atomic E-state index is 0.100. The molecule has 0 radical (unpaired) electrons. The van der Waals surface area contributed by atoms with Crippen LogP contribution >= 0.6 is 34.8 Å². The van der Waals surface area contributed by atoms with Crippen molar-refractivity contribution in [3.8, 4) is 28.5 Å². The maximum Gasteiger partial charge on any atom is 0.264 e. The third kappa shape index (κ3) is 5.59. The average molecular weight is 502 g/mol. The van der Waals surface area contributed by atoms with E-state index in [1.54, 1.807) is 30.3 Å². The van der Waals surface area contributed by atoms with E-state index in [9.17, 15) is 13.2 Å². The van der Waals surface area contributed by atoms with Crippen LogP contribution in [0.3, 0.4) is 0 Å². The number of amides is 1. The molecule has 7 nitrogen and oxygen atoms in total. The molecule has 31 heavy (non-hydrogen) atoms. The number of pyridine rings is 1. The minimum Gasteiger partial charge on any atom is -0.496 e. The van der Waals surface area contributed by atoms with Crippen molar-refractivity contribution in [1.29, 1.82) is 0 Å². The standard InChI is InChI=1S/C20H15Cl3N2O5S/c1-29-17-9-11(19(26)25-31(2,27)28)6-7-13(17)12-8-16(23)20(24-10-12)30-18-14(21)4-3-5-15(18)22/h3-10H,1-2H3,(H,25,26). The van der Waals surface area contributed by atoms with Crippen LogP contribution in [0.4, 0.5) is 0 Å². The lowest BCUT2D eigenvalue weighted by atomic mass is 10.0. The van der Waals surface area contributed by atoms with Crippen molar-refractivity contribution < 1.29 is 22.7 Å². The van der Waals surface area contributed by atoms with Crippen LogP contribution in [0.15, 0.2) is 48.7 Å². The van der Waals surface area contributed by atoms with Crippen LogP contribution < -0.4 is 14.2 Å². The van der Waals surface area contributed by atoms with Gasteiger partial charge in [0.15, 0.2) is 5.75 Å². The van der Waals surface area contributed by atoms with Gasteiger partial charge in [-0.1, -0.05) is 40.9 Å². The number of hydrogen-bond acceptors (Lipinski definition) is 6. The topological polar surface area (TPSA) is 94.6 Å². The van der Waals surface area contributed by atoms with E-state index < -0.39 is 15.9 Å². The molecule has 0 aliphatic carbocycles. The van der Waals surface area contributed by atoms with E-state index in [2.05, 4.69) is 4.98 Å². The molecule has 0 aliphatic heterocycles. The second-order valence-corrected chi connectivity index (χ2v) is 9.25. The largest absolute Gasteiger partial charge is 0.496 e. The number of carbonyl (C=O) groups is 1. The molecule has 3 aromatic rings. The summed E-state index contributed by atoms with van der Waals surface area (Å²) in [6, 6.07) is 11.0. The maximum atomic E-state index is 12.1.